The lowest BCUT2D eigenvalue weighted by molar-refractivity contribution is 0.306. The summed E-state index contributed by atoms with van der Waals surface area (Å²) in [5.41, 5.74) is 3.78. The topological polar surface area (TPSA) is 60.7 Å². The number of aliphatic imine (C=N–C) groups is 1. The number of aryl methyl sites for hydroxylation is 2. The van der Waals surface area contributed by atoms with E-state index in [0.29, 0.717) is 12.6 Å². The average Bonchev–Trinajstić information content (AvgIpc) is 3.32. The van der Waals surface area contributed by atoms with Crippen molar-refractivity contribution in [3.8, 4) is 0 Å². The molecule has 30 heavy (non-hydrogen) atoms. The van der Waals surface area contributed by atoms with Crippen molar-refractivity contribution in [1.29, 1.82) is 0 Å². The van der Waals surface area contributed by atoms with Crippen molar-refractivity contribution in [2.75, 3.05) is 45.2 Å². The molecule has 2 atom stereocenters. The van der Waals surface area contributed by atoms with Gasteiger partial charge in [-0.15, -0.1) is 24.0 Å². The van der Waals surface area contributed by atoms with E-state index in [9.17, 15) is 0 Å². The van der Waals surface area contributed by atoms with Crippen molar-refractivity contribution >= 4 is 35.6 Å². The molecule has 1 fully saturated rings. The summed E-state index contributed by atoms with van der Waals surface area (Å²) in [7, 11) is 6.12. The number of guanidine groups is 1. The number of likely N-dealkylation sites (N-methyl/N-ethyl adjacent to an activating group) is 1. The van der Waals surface area contributed by atoms with Crippen LogP contribution >= 0.6 is 24.0 Å². The third kappa shape index (κ3) is 6.60. The summed E-state index contributed by atoms with van der Waals surface area (Å²) in [6.07, 6.45) is 5.10. The Hall–Kier alpha value is -1.81. The van der Waals surface area contributed by atoms with Gasteiger partial charge in [0.05, 0.1) is 18.8 Å². The van der Waals surface area contributed by atoms with Crippen LogP contribution in [-0.4, -0.2) is 67.0 Å². The van der Waals surface area contributed by atoms with Gasteiger partial charge in [0.1, 0.15) is 0 Å². The predicted molar refractivity (Wildman–Crippen MR) is 136 cm³/mol. The number of anilines is 1. The summed E-state index contributed by atoms with van der Waals surface area (Å²) in [5, 5.41) is 11.4. The molecule has 3 rings (SSSR count). The van der Waals surface area contributed by atoms with Crippen molar-refractivity contribution < 1.29 is 0 Å². The van der Waals surface area contributed by atoms with Gasteiger partial charge in [0, 0.05) is 50.2 Å². The minimum Gasteiger partial charge on any atom is -0.369 e. The molecule has 166 valence electrons. The normalized spacial score (nSPS) is 17.7. The molecule has 1 aliphatic rings. The van der Waals surface area contributed by atoms with Crippen molar-refractivity contribution in [2.24, 2.45) is 12.0 Å². The minimum atomic E-state index is 0. The van der Waals surface area contributed by atoms with E-state index in [1.807, 2.05) is 17.9 Å². The first-order valence-electron chi connectivity index (χ1n) is 10.5. The van der Waals surface area contributed by atoms with E-state index < -0.39 is 0 Å². The summed E-state index contributed by atoms with van der Waals surface area (Å²) in [4.78, 5) is 9.53. The van der Waals surface area contributed by atoms with Gasteiger partial charge in [-0.25, -0.2) is 0 Å². The van der Waals surface area contributed by atoms with E-state index in [2.05, 4.69) is 83.9 Å². The zero-order valence-electron chi connectivity index (χ0n) is 18.8. The fourth-order valence-electron chi connectivity index (χ4n) is 3.74. The van der Waals surface area contributed by atoms with Gasteiger partial charge in [0.2, 0.25) is 0 Å². The third-order valence-electron chi connectivity index (χ3n) is 5.43. The second kappa shape index (κ2) is 11.5. The Morgan fingerprint density at radius 2 is 2.03 bits per heavy atom. The molecule has 7 nitrogen and oxygen atoms in total. The Balaban J connectivity index is 0.00000320. The molecule has 0 bridgehead atoms. The lowest BCUT2D eigenvalue weighted by atomic mass is 10.1. The number of nitrogens with one attached hydrogen (secondary N) is 2. The van der Waals surface area contributed by atoms with Gasteiger partial charge in [-0.05, 0) is 46.5 Å². The van der Waals surface area contributed by atoms with Crippen LogP contribution in [0.25, 0.3) is 0 Å². The van der Waals surface area contributed by atoms with Crippen LogP contribution < -0.4 is 15.5 Å². The summed E-state index contributed by atoms with van der Waals surface area (Å²) in [6, 6.07) is 9.39. The minimum absolute atomic E-state index is 0. The second-order valence-corrected chi connectivity index (χ2v) is 8.06. The van der Waals surface area contributed by atoms with Crippen LogP contribution in [0.4, 0.5) is 5.69 Å². The molecular formula is C22H36IN7. The van der Waals surface area contributed by atoms with Crippen molar-refractivity contribution in [3.05, 3.63) is 47.8 Å². The van der Waals surface area contributed by atoms with Gasteiger partial charge >= 0.3 is 0 Å². The van der Waals surface area contributed by atoms with Gasteiger partial charge in [0.25, 0.3) is 0 Å². The quantitative estimate of drug-likeness (QED) is 0.331. The highest BCUT2D eigenvalue weighted by atomic mass is 127. The highest BCUT2D eigenvalue weighted by Crippen LogP contribution is 2.21. The lowest BCUT2D eigenvalue weighted by Crippen LogP contribution is -2.45. The second-order valence-electron chi connectivity index (χ2n) is 8.06. The first kappa shape index (κ1) is 24.5. The number of rotatable bonds is 7. The molecule has 0 saturated carbocycles. The van der Waals surface area contributed by atoms with E-state index in [1.54, 1.807) is 0 Å². The van der Waals surface area contributed by atoms with Crippen LogP contribution in [0.2, 0.25) is 0 Å². The molecule has 1 saturated heterocycles. The Bertz CT molecular complexity index is 800. The van der Waals surface area contributed by atoms with Crippen LogP contribution in [0, 0.1) is 6.92 Å². The first-order valence-corrected chi connectivity index (χ1v) is 10.5. The van der Waals surface area contributed by atoms with Crippen LogP contribution in [0.5, 0.6) is 0 Å². The number of benzene rings is 1. The van der Waals surface area contributed by atoms with Gasteiger partial charge in [-0.1, -0.05) is 17.7 Å². The predicted octanol–water partition coefficient (Wildman–Crippen LogP) is 2.78. The number of nitrogens with zero attached hydrogens (tertiary/aromatic N) is 5. The summed E-state index contributed by atoms with van der Waals surface area (Å²) < 4.78 is 1.84. The molecule has 0 amide bonds. The summed E-state index contributed by atoms with van der Waals surface area (Å²) >= 11 is 0. The highest BCUT2D eigenvalue weighted by molar-refractivity contribution is 14.0. The molecule has 0 spiro atoms. The van der Waals surface area contributed by atoms with E-state index >= 15 is 0 Å². The fraction of sp³-hybridized carbons (Fsp3) is 0.545. The number of halogens is 1. The molecule has 2 heterocycles. The van der Waals surface area contributed by atoms with E-state index in [1.165, 1.54) is 16.8 Å². The van der Waals surface area contributed by atoms with Gasteiger partial charge in [-0.3, -0.25) is 9.67 Å². The van der Waals surface area contributed by atoms with Crippen LogP contribution in [-0.2, 0) is 7.05 Å². The number of aromatic nitrogens is 2. The number of hydrogen-bond acceptors (Lipinski definition) is 4. The Labute approximate surface area is 197 Å². The maximum atomic E-state index is 4.89. The first-order chi connectivity index (χ1) is 14.0. The smallest absolute Gasteiger partial charge is 0.191 e. The average molecular weight is 525 g/mol. The van der Waals surface area contributed by atoms with Crippen LogP contribution in [0.15, 0.2) is 41.7 Å². The molecule has 1 aromatic heterocycles. The number of hydrogen-bond donors (Lipinski definition) is 2. The van der Waals surface area contributed by atoms with E-state index in [-0.39, 0.29) is 30.0 Å². The zero-order chi connectivity index (χ0) is 20.8. The maximum absolute atomic E-state index is 4.89. The molecule has 2 aromatic rings. The molecule has 1 aromatic carbocycles. The Kier molecular flexibility index (Phi) is 9.41. The van der Waals surface area contributed by atoms with Crippen molar-refractivity contribution in [1.82, 2.24) is 25.3 Å². The zero-order valence-corrected chi connectivity index (χ0v) is 21.1. The lowest BCUT2D eigenvalue weighted by Gasteiger charge is -2.23. The summed E-state index contributed by atoms with van der Waals surface area (Å²) in [6.45, 7) is 7.82. The molecule has 1 aliphatic heterocycles. The van der Waals surface area contributed by atoms with E-state index in [0.717, 1.165) is 32.0 Å². The van der Waals surface area contributed by atoms with Crippen LogP contribution in [0.1, 0.15) is 30.5 Å². The Morgan fingerprint density at radius 3 is 2.63 bits per heavy atom. The third-order valence-corrected chi connectivity index (χ3v) is 5.43. The SMILES string of the molecule is CCNC(=NCC(c1cnn(C)c1)N(C)C)NC1CCN(c2ccc(C)cc2)C1.I. The maximum Gasteiger partial charge on any atom is 0.191 e. The van der Waals surface area contributed by atoms with Crippen molar-refractivity contribution in [2.45, 2.75) is 32.4 Å². The molecule has 8 heteroatoms. The van der Waals surface area contributed by atoms with Crippen LogP contribution in [0.3, 0.4) is 0 Å². The van der Waals surface area contributed by atoms with Gasteiger partial charge in [0.15, 0.2) is 5.96 Å². The van der Waals surface area contributed by atoms with Gasteiger partial charge in [-0.2, -0.15) is 5.10 Å². The molecule has 0 aliphatic carbocycles. The standard InChI is InChI=1S/C22H35N7.HI/c1-6-23-22(24-14-21(27(3)4)18-13-25-28(5)15-18)26-19-11-12-29(16-19)20-9-7-17(2)8-10-20;/h7-10,13,15,19,21H,6,11-12,14,16H2,1-5H3,(H2,23,24,26);1H. The van der Waals surface area contributed by atoms with E-state index in [4.69, 9.17) is 4.99 Å². The monoisotopic (exact) mass is 525 g/mol. The largest absolute Gasteiger partial charge is 0.369 e. The molecule has 2 unspecified atom stereocenters. The molecule has 2 N–H and O–H groups in total. The van der Waals surface area contributed by atoms with Crippen molar-refractivity contribution in [3.63, 3.8) is 0 Å². The fourth-order valence-corrected chi connectivity index (χ4v) is 3.74. The highest BCUT2D eigenvalue weighted by Gasteiger charge is 2.24. The molecular weight excluding hydrogens is 489 g/mol. The molecule has 0 radical (unpaired) electrons. The summed E-state index contributed by atoms with van der Waals surface area (Å²) in [5.74, 6) is 0.888. The Morgan fingerprint density at radius 1 is 1.30 bits per heavy atom. The van der Waals surface area contributed by atoms with Gasteiger partial charge < -0.3 is 20.4 Å².